The van der Waals surface area contributed by atoms with Crippen LogP contribution in [-0.2, 0) is 4.79 Å². The lowest BCUT2D eigenvalue weighted by atomic mass is 10.2. The fourth-order valence-electron chi connectivity index (χ4n) is 0.502. The summed E-state index contributed by atoms with van der Waals surface area (Å²) < 4.78 is 0. The Morgan fingerprint density at radius 1 is 1.60 bits per heavy atom. The summed E-state index contributed by atoms with van der Waals surface area (Å²) in [6.07, 6.45) is 1.01. The van der Waals surface area contributed by atoms with Crippen LogP contribution in [0.15, 0.2) is 0 Å². The van der Waals surface area contributed by atoms with Gasteiger partial charge >= 0.3 is 0 Å². The van der Waals surface area contributed by atoms with Crippen LogP contribution in [0.1, 0.15) is 19.8 Å². The topological polar surface area (TPSA) is 95.2 Å². The van der Waals surface area contributed by atoms with E-state index in [-0.39, 0.29) is 11.9 Å². The van der Waals surface area contributed by atoms with Crippen molar-refractivity contribution >= 4 is 5.78 Å². The zero-order chi connectivity index (χ0) is 7.28. The Balaban J connectivity index is 0. The van der Waals surface area contributed by atoms with Gasteiger partial charge < -0.3 is 6.15 Å². The first-order valence-electron chi connectivity index (χ1n) is 2.80. The van der Waals surface area contributed by atoms with E-state index in [9.17, 15) is 14.9 Å². The molecule has 0 amide bonds. The number of carbonyl (C=O) groups is 1. The Bertz CT molecular complexity index is 124. The lowest BCUT2D eigenvalue weighted by molar-refractivity contribution is -0.467. The summed E-state index contributed by atoms with van der Waals surface area (Å²) in [5.74, 6) is -0.289. The van der Waals surface area contributed by atoms with Crippen LogP contribution in [0.2, 0.25) is 0 Å². The second-order valence-corrected chi connectivity index (χ2v) is 1.78. The van der Waals surface area contributed by atoms with Crippen LogP contribution in [0, 0.1) is 10.1 Å². The summed E-state index contributed by atoms with van der Waals surface area (Å²) in [5, 5.41) is 9.67. The number of rotatable bonds is 4. The minimum Gasteiger partial charge on any atom is -0.344 e. The van der Waals surface area contributed by atoms with Crippen molar-refractivity contribution in [3.8, 4) is 0 Å². The van der Waals surface area contributed by atoms with Crippen LogP contribution in [0.5, 0.6) is 0 Å². The van der Waals surface area contributed by atoms with E-state index < -0.39 is 11.5 Å². The van der Waals surface area contributed by atoms with E-state index in [4.69, 9.17) is 0 Å². The van der Waals surface area contributed by atoms with Gasteiger partial charge in [0.15, 0.2) is 0 Å². The molecule has 0 aromatic carbocycles. The molecule has 3 N–H and O–H groups in total. The largest absolute Gasteiger partial charge is 0.344 e. The van der Waals surface area contributed by atoms with Gasteiger partial charge in [-0.3, -0.25) is 14.9 Å². The molecule has 0 aliphatic heterocycles. The minimum atomic E-state index is -0.599. The lowest BCUT2D eigenvalue weighted by Gasteiger charge is -1.88. The number of Topliss-reactive ketones (excluding diaryl/α,β-unsaturated/α-hetero) is 1. The fourth-order valence-corrected chi connectivity index (χ4v) is 0.502. The Hall–Kier alpha value is -0.970. The number of nitrogens with zero attached hydrogens (tertiary/aromatic N) is 1. The highest BCUT2D eigenvalue weighted by Crippen LogP contribution is 1.88. The van der Waals surface area contributed by atoms with Crippen LogP contribution in [0.4, 0.5) is 0 Å². The van der Waals surface area contributed by atoms with E-state index in [2.05, 4.69) is 0 Å². The third kappa shape index (κ3) is 7.03. The zero-order valence-electron chi connectivity index (χ0n) is 6.00. The van der Waals surface area contributed by atoms with Gasteiger partial charge in [0.1, 0.15) is 0 Å². The van der Waals surface area contributed by atoms with Crippen molar-refractivity contribution in [3.63, 3.8) is 0 Å². The maximum Gasteiger partial charge on any atom is 0.261 e. The molecule has 0 aliphatic rings. The maximum atomic E-state index is 10.4. The van der Waals surface area contributed by atoms with Gasteiger partial charge in [-0.15, -0.1) is 0 Å². The minimum absolute atomic E-state index is 0. The molecule has 0 rings (SSSR count). The van der Waals surface area contributed by atoms with Gasteiger partial charge in [-0.1, -0.05) is 6.92 Å². The van der Waals surface area contributed by atoms with E-state index in [0.717, 1.165) is 0 Å². The van der Waals surface area contributed by atoms with Gasteiger partial charge in [0.2, 0.25) is 5.78 Å². The highest BCUT2D eigenvalue weighted by Gasteiger charge is 2.06. The Labute approximate surface area is 59.1 Å². The SMILES string of the molecule is CCCC(=O)C[N+](=O)[O-].N. The Kier molecular flexibility index (Phi) is 7.25. The molecule has 60 valence electrons. The van der Waals surface area contributed by atoms with Crippen molar-refractivity contribution in [2.24, 2.45) is 0 Å². The van der Waals surface area contributed by atoms with Gasteiger partial charge in [-0.25, -0.2) is 0 Å². The molecular weight excluding hydrogens is 136 g/mol. The average Bonchev–Trinajstić information content (AvgIpc) is 1.63. The highest BCUT2D eigenvalue weighted by atomic mass is 16.6. The monoisotopic (exact) mass is 148 g/mol. The molecule has 0 aromatic rings. The second kappa shape index (κ2) is 6.15. The summed E-state index contributed by atoms with van der Waals surface area (Å²) >= 11 is 0. The first-order chi connectivity index (χ1) is 4.16. The third-order valence-electron chi connectivity index (χ3n) is 0.834. The number of hydrogen-bond acceptors (Lipinski definition) is 4. The quantitative estimate of drug-likeness (QED) is 0.471. The van der Waals surface area contributed by atoms with Gasteiger partial charge in [-0.2, -0.15) is 0 Å². The molecule has 0 aliphatic carbocycles. The predicted octanol–water partition coefficient (Wildman–Crippen LogP) is 0.794. The van der Waals surface area contributed by atoms with Crippen molar-refractivity contribution in [2.45, 2.75) is 19.8 Å². The maximum absolute atomic E-state index is 10.4. The van der Waals surface area contributed by atoms with Gasteiger partial charge in [0.25, 0.3) is 6.54 Å². The van der Waals surface area contributed by atoms with Crippen molar-refractivity contribution in [1.29, 1.82) is 0 Å². The standard InChI is InChI=1S/C5H9NO3.H3N/c1-2-3-5(7)4-6(8)9;/h2-4H2,1H3;1H3. The van der Waals surface area contributed by atoms with Crippen molar-refractivity contribution in [2.75, 3.05) is 6.54 Å². The number of ketones is 1. The van der Waals surface area contributed by atoms with Crippen LogP contribution < -0.4 is 6.15 Å². The van der Waals surface area contributed by atoms with E-state index in [0.29, 0.717) is 12.8 Å². The molecule has 5 nitrogen and oxygen atoms in total. The molecule has 0 bridgehead atoms. The normalized spacial score (nSPS) is 8.10. The van der Waals surface area contributed by atoms with Crippen LogP contribution >= 0.6 is 0 Å². The molecular formula is C5H12N2O3. The fraction of sp³-hybridized carbons (Fsp3) is 0.800. The third-order valence-corrected chi connectivity index (χ3v) is 0.834. The van der Waals surface area contributed by atoms with Gasteiger partial charge in [0.05, 0.1) is 0 Å². The molecule has 0 unspecified atom stereocenters. The average molecular weight is 148 g/mol. The number of carbonyl (C=O) groups excluding carboxylic acids is 1. The highest BCUT2D eigenvalue weighted by molar-refractivity contribution is 5.79. The van der Waals surface area contributed by atoms with Crippen LogP contribution in [0.3, 0.4) is 0 Å². The molecule has 0 saturated heterocycles. The molecule has 0 atom stereocenters. The van der Waals surface area contributed by atoms with E-state index >= 15 is 0 Å². The van der Waals surface area contributed by atoms with Gasteiger partial charge in [0, 0.05) is 11.3 Å². The van der Waals surface area contributed by atoms with E-state index in [1.807, 2.05) is 6.92 Å². The van der Waals surface area contributed by atoms with Crippen LogP contribution in [0.25, 0.3) is 0 Å². The van der Waals surface area contributed by atoms with Crippen molar-refractivity contribution in [1.82, 2.24) is 6.15 Å². The molecule has 0 fully saturated rings. The first kappa shape index (κ1) is 11.8. The molecule has 0 aromatic heterocycles. The summed E-state index contributed by atoms with van der Waals surface area (Å²) in [6.45, 7) is 1.30. The lowest BCUT2D eigenvalue weighted by Crippen LogP contribution is -2.12. The Morgan fingerprint density at radius 2 is 2.10 bits per heavy atom. The summed E-state index contributed by atoms with van der Waals surface area (Å²) in [7, 11) is 0. The molecule has 0 radical (unpaired) electrons. The van der Waals surface area contributed by atoms with E-state index in [1.165, 1.54) is 0 Å². The first-order valence-corrected chi connectivity index (χ1v) is 2.80. The van der Waals surface area contributed by atoms with Crippen LogP contribution in [-0.4, -0.2) is 17.3 Å². The zero-order valence-corrected chi connectivity index (χ0v) is 6.00. The summed E-state index contributed by atoms with van der Waals surface area (Å²) in [6, 6.07) is 0. The molecule has 0 spiro atoms. The molecule has 0 saturated carbocycles. The molecule has 0 heterocycles. The summed E-state index contributed by atoms with van der Waals surface area (Å²) in [4.78, 5) is 19.5. The van der Waals surface area contributed by atoms with Crippen molar-refractivity contribution < 1.29 is 9.72 Å². The summed E-state index contributed by atoms with van der Waals surface area (Å²) in [5.41, 5.74) is 0. The molecule has 10 heavy (non-hydrogen) atoms. The van der Waals surface area contributed by atoms with Crippen molar-refractivity contribution in [3.05, 3.63) is 10.1 Å². The second-order valence-electron chi connectivity index (χ2n) is 1.78. The molecule has 5 heteroatoms. The smallest absolute Gasteiger partial charge is 0.261 e. The number of hydrogen-bond donors (Lipinski definition) is 1. The number of nitro groups is 1. The Morgan fingerprint density at radius 3 is 2.40 bits per heavy atom. The predicted molar refractivity (Wildman–Crippen MR) is 36.8 cm³/mol. The van der Waals surface area contributed by atoms with Gasteiger partial charge in [-0.05, 0) is 6.42 Å². The van der Waals surface area contributed by atoms with E-state index in [1.54, 1.807) is 0 Å².